The standard InChI is InChI=1S/C17H11Cl2FN6/c1-8-4-9(5-13(19)23-8)14-15(11-3-2-10(18)6-12(11)20)24-17(21)26-7-22-25-16(14)26/h2-7H,1H3,(H2,21,24). The van der Waals surface area contributed by atoms with Gasteiger partial charge in [-0.2, -0.15) is 0 Å². The van der Waals surface area contributed by atoms with E-state index in [9.17, 15) is 4.39 Å². The summed E-state index contributed by atoms with van der Waals surface area (Å²) < 4.78 is 16.1. The summed E-state index contributed by atoms with van der Waals surface area (Å²) in [5.41, 5.74) is 8.93. The van der Waals surface area contributed by atoms with E-state index in [0.29, 0.717) is 33.3 Å². The number of nitrogens with zero attached hydrogens (tertiary/aromatic N) is 5. The van der Waals surface area contributed by atoms with Crippen molar-refractivity contribution in [1.82, 2.24) is 24.6 Å². The zero-order chi connectivity index (χ0) is 18.4. The Morgan fingerprint density at radius 2 is 1.92 bits per heavy atom. The molecular formula is C17H11Cl2FN6. The van der Waals surface area contributed by atoms with E-state index in [2.05, 4.69) is 20.2 Å². The van der Waals surface area contributed by atoms with E-state index in [-0.39, 0.29) is 16.5 Å². The zero-order valence-corrected chi connectivity index (χ0v) is 14.9. The summed E-state index contributed by atoms with van der Waals surface area (Å²) in [6.07, 6.45) is 1.44. The summed E-state index contributed by atoms with van der Waals surface area (Å²) >= 11 is 12.0. The Hall–Kier alpha value is -2.77. The molecule has 0 aliphatic carbocycles. The van der Waals surface area contributed by atoms with Crippen molar-refractivity contribution in [2.45, 2.75) is 6.92 Å². The highest BCUT2D eigenvalue weighted by atomic mass is 35.5. The number of nitrogen functional groups attached to an aromatic ring is 1. The predicted octanol–water partition coefficient (Wildman–Crippen LogP) is 4.19. The largest absolute Gasteiger partial charge is 0.369 e. The van der Waals surface area contributed by atoms with Crippen LogP contribution in [0.25, 0.3) is 28.0 Å². The van der Waals surface area contributed by atoms with Crippen molar-refractivity contribution >= 4 is 34.8 Å². The summed E-state index contributed by atoms with van der Waals surface area (Å²) in [7, 11) is 0. The van der Waals surface area contributed by atoms with E-state index in [0.717, 1.165) is 0 Å². The Labute approximate surface area is 157 Å². The number of pyridine rings is 1. The number of hydrogen-bond donors (Lipinski definition) is 1. The van der Waals surface area contributed by atoms with Crippen LogP contribution in [0.15, 0.2) is 36.7 Å². The Morgan fingerprint density at radius 3 is 2.65 bits per heavy atom. The fourth-order valence-corrected chi connectivity index (χ4v) is 3.23. The second-order valence-corrected chi connectivity index (χ2v) is 6.49. The summed E-state index contributed by atoms with van der Waals surface area (Å²) in [5, 5.41) is 8.61. The van der Waals surface area contributed by atoms with Crippen LogP contribution < -0.4 is 5.73 Å². The summed E-state index contributed by atoms with van der Waals surface area (Å²) in [4.78, 5) is 8.55. The molecule has 0 radical (unpaired) electrons. The molecule has 0 fully saturated rings. The van der Waals surface area contributed by atoms with Gasteiger partial charge in [-0.1, -0.05) is 23.2 Å². The molecule has 26 heavy (non-hydrogen) atoms. The molecule has 0 atom stereocenters. The van der Waals surface area contributed by atoms with Gasteiger partial charge in [0.2, 0.25) is 5.95 Å². The highest BCUT2D eigenvalue weighted by Crippen LogP contribution is 2.37. The van der Waals surface area contributed by atoms with Gasteiger partial charge in [-0.05, 0) is 42.8 Å². The first-order valence-corrected chi connectivity index (χ1v) is 8.29. The zero-order valence-electron chi connectivity index (χ0n) is 13.4. The molecular weight excluding hydrogens is 378 g/mol. The van der Waals surface area contributed by atoms with Crippen LogP contribution in [-0.2, 0) is 0 Å². The molecule has 0 aliphatic heterocycles. The van der Waals surface area contributed by atoms with E-state index in [1.165, 1.54) is 16.8 Å². The minimum absolute atomic E-state index is 0.134. The Bertz CT molecular complexity index is 1140. The third kappa shape index (κ3) is 2.75. The number of hydrogen-bond acceptors (Lipinski definition) is 5. The van der Waals surface area contributed by atoms with Crippen molar-refractivity contribution in [2.24, 2.45) is 0 Å². The molecule has 9 heteroatoms. The Balaban J connectivity index is 2.13. The number of halogens is 3. The molecule has 0 aliphatic rings. The van der Waals surface area contributed by atoms with Crippen LogP contribution in [0.2, 0.25) is 10.2 Å². The number of aryl methyl sites for hydroxylation is 1. The summed E-state index contributed by atoms with van der Waals surface area (Å²) in [6.45, 7) is 1.81. The molecule has 2 N–H and O–H groups in total. The van der Waals surface area contributed by atoms with Gasteiger partial charge in [-0.3, -0.25) is 4.40 Å². The Kier molecular flexibility index (Phi) is 3.97. The van der Waals surface area contributed by atoms with E-state index in [4.69, 9.17) is 28.9 Å². The van der Waals surface area contributed by atoms with Gasteiger partial charge < -0.3 is 5.73 Å². The lowest BCUT2D eigenvalue weighted by Crippen LogP contribution is -2.05. The fourth-order valence-electron chi connectivity index (χ4n) is 2.82. The normalized spacial score (nSPS) is 11.2. The molecule has 3 aromatic heterocycles. The lowest BCUT2D eigenvalue weighted by atomic mass is 10.00. The lowest BCUT2D eigenvalue weighted by Gasteiger charge is -2.13. The highest BCUT2D eigenvalue weighted by Gasteiger charge is 2.21. The third-order valence-corrected chi connectivity index (χ3v) is 4.31. The van der Waals surface area contributed by atoms with Crippen LogP contribution in [0, 0.1) is 12.7 Å². The molecule has 0 amide bonds. The van der Waals surface area contributed by atoms with Crippen LogP contribution in [0.3, 0.4) is 0 Å². The average molecular weight is 389 g/mol. The maximum Gasteiger partial charge on any atom is 0.207 e. The maximum absolute atomic E-state index is 14.6. The monoisotopic (exact) mass is 388 g/mol. The molecule has 6 nitrogen and oxygen atoms in total. The first-order valence-electron chi connectivity index (χ1n) is 7.53. The molecule has 0 saturated heterocycles. The second-order valence-electron chi connectivity index (χ2n) is 5.66. The minimum Gasteiger partial charge on any atom is -0.369 e. The van der Waals surface area contributed by atoms with E-state index >= 15 is 0 Å². The van der Waals surface area contributed by atoms with Gasteiger partial charge in [0.1, 0.15) is 17.3 Å². The summed E-state index contributed by atoms with van der Waals surface area (Å²) in [6, 6.07) is 7.82. The summed E-state index contributed by atoms with van der Waals surface area (Å²) in [5.74, 6) is -0.388. The SMILES string of the molecule is Cc1cc(-c2c(-c3ccc(Cl)cc3F)nc(N)n3cnnc23)cc(Cl)n1. The molecule has 1 aromatic carbocycles. The Morgan fingerprint density at radius 1 is 1.12 bits per heavy atom. The molecule has 4 aromatic rings. The van der Waals surface area contributed by atoms with Gasteiger partial charge in [-0.25, -0.2) is 14.4 Å². The van der Waals surface area contributed by atoms with Crippen LogP contribution in [0.1, 0.15) is 5.69 Å². The van der Waals surface area contributed by atoms with Gasteiger partial charge in [0.25, 0.3) is 0 Å². The third-order valence-electron chi connectivity index (χ3n) is 3.88. The number of fused-ring (bicyclic) bond motifs is 1. The van der Waals surface area contributed by atoms with Crippen LogP contribution in [0.4, 0.5) is 10.3 Å². The van der Waals surface area contributed by atoms with Crippen molar-refractivity contribution in [2.75, 3.05) is 5.73 Å². The smallest absolute Gasteiger partial charge is 0.207 e. The minimum atomic E-state index is -0.522. The van der Waals surface area contributed by atoms with Gasteiger partial charge in [-0.15, -0.1) is 10.2 Å². The van der Waals surface area contributed by atoms with Gasteiger partial charge >= 0.3 is 0 Å². The predicted molar refractivity (Wildman–Crippen MR) is 98.6 cm³/mol. The lowest BCUT2D eigenvalue weighted by molar-refractivity contribution is 0.631. The van der Waals surface area contributed by atoms with Crippen molar-refractivity contribution in [3.63, 3.8) is 0 Å². The van der Waals surface area contributed by atoms with Crippen LogP contribution in [0.5, 0.6) is 0 Å². The van der Waals surface area contributed by atoms with Crippen LogP contribution in [-0.4, -0.2) is 24.6 Å². The topological polar surface area (TPSA) is 82.0 Å². The average Bonchev–Trinajstić information content (AvgIpc) is 3.03. The van der Waals surface area contributed by atoms with Gasteiger partial charge in [0.05, 0.1) is 11.3 Å². The quantitative estimate of drug-likeness (QED) is 0.520. The highest BCUT2D eigenvalue weighted by molar-refractivity contribution is 6.30. The molecule has 4 rings (SSSR count). The van der Waals surface area contributed by atoms with Gasteiger partial charge in [0.15, 0.2) is 5.65 Å². The van der Waals surface area contributed by atoms with Crippen LogP contribution >= 0.6 is 23.2 Å². The maximum atomic E-state index is 14.6. The number of nitrogens with two attached hydrogens (primary N) is 1. The van der Waals surface area contributed by atoms with Crippen molar-refractivity contribution < 1.29 is 4.39 Å². The first kappa shape index (κ1) is 16.7. The molecule has 0 bridgehead atoms. The van der Waals surface area contributed by atoms with E-state index in [1.807, 2.05) is 13.0 Å². The molecule has 130 valence electrons. The van der Waals surface area contributed by atoms with Crippen molar-refractivity contribution in [3.05, 3.63) is 58.3 Å². The van der Waals surface area contributed by atoms with Crippen molar-refractivity contribution in [1.29, 1.82) is 0 Å². The number of aromatic nitrogens is 5. The molecule has 0 saturated carbocycles. The number of rotatable bonds is 2. The fraction of sp³-hybridized carbons (Fsp3) is 0.0588. The molecule has 0 unspecified atom stereocenters. The first-order chi connectivity index (χ1) is 12.4. The van der Waals surface area contributed by atoms with E-state index < -0.39 is 5.82 Å². The van der Waals surface area contributed by atoms with E-state index in [1.54, 1.807) is 18.2 Å². The van der Waals surface area contributed by atoms with Crippen molar-refractivity contribution in [3.8, 4) is 22.4 Å². The number of anilines is 1. The van der Waals surface area contributed by atoms with Gasteiger partial charge in [0, 0.05) is 16.3 Å². The molecule has 3 heterocycles. The molecule has 0 spiro atoms. The second kappa shape index (κ2) is 6.19. The number of benzene rings is 1.